The minimum Gasteiger partial charge on any atom is -0.483 e. The van der Waals surface area contributed by atoms with E-state index in [9.17, 15) is 4.39 Å². The summed E-state index contributed by atoms with van der Waals surface area (Å²) < 4.78 is 22.9. The highest BCUT2D eigenvalue weighted by Crippen LogP contribution is 2.30. The van der Waals surface area contributed by atoms with Crippen molar-refractivity contribution in [1.29, 1.82) is 0 Å². The zero-order valence-electron chi connectivity index (χ0n) is 15.1. The molecule has 0 aliphatic heterocycles. The molecule has 0 radical (unpaired) electrons. The molecule has 0 amide bonds. The SMILES string of the molecule is C=CCn1c(SCc2c(F)cccc2Cl)nnc1C(C)Oc1ccc(Br)cc1. The van der Waals surface area contributed by atoms with Crippen LogP contribution >= 0.6 is 39.3 Å². The van der Waals surface area contributed by atoms with Crippen molar-refractivity contribution in [1.82, 2.24) is 14.8 Å². The fourth-order valence-electron chi connectivity index (χ4n) is 2.59. The summed E-state index contributed by atoms with van der Waals surface area (Å²) in [6.07, 6.45) is 1.44. The number of thioether (sulfide) groups is 1. The Bertz CT molecular complexity index is 944. The third-order valence-electron chi connectivity index (χ3n) is 3.95. The summed E-state index contributed by atoms with van der Waals surface area (Å²) >= 11 is 10.9. The van der Waals surface area contributed by atoms with Crippen LogP contribution in [0, 0.1) is 5.82 Å². The van der Waals surface area contributed by atoms with Crippen molar-refractivity contribution in [3.8, 4) is 5.75 Å². The lowest BCUT2D eigenvalue weighted by molar-refractivity contribution is 0.210. The number of hydrogen-bond donors (Lipinski definition) is 0. The molecule has 0 saturated heterocycles. The van der Waals surface area contributed by atoms with Crippen molar-refractivity contribution in [2.24, 2.45) is 0 Å². The second kappa shape index (κ2) is 9.58. The summed E-state index contributed by atoms with van der Waals surface area (Å²) in [6, 6.07) is 12.2. The van der Waals surface area contributed by atoms with E-state index >= 15 is 0 Å². The summed E-state index contributed by atoms with van der Waals surface area (Å²) in [5.41, 5.74) is 0.447. The average molecular weight is 483 g/mol. The monoisotopic (exact) mass is 481 g/mol. The minimum atomic E-state index is -0.332. The third-order valence-corrected chi connectivity index (χ3v) is 5.83. The van der Waals surface area contributed by atoms with E-state index in [0.29, 0.717) is 33.9 Å². The number of aromatic nitrogens is 3. The number of hydrogen-bond acceptors (Lipinski definition) is 4. The maximum atomic E-state index is 14.0. The van der Waals surface area contributed by atoms with Gasteiger partial charge in [-0.1, -0.05) is 51.4 Å². The Morgan fingerprint density at radius 2 is 2.04 bits per heavy atom. The molecule has 3 rings (SSSR count). The van der Waals surface area contributed by atoms with Gasteiger partial charge in [-0.3, -0.25) is 4.57 Å². The molecule has 1 aromatic heterocycles. The fourth-order valence-corrected chi connectivity index (χ4v) is 4.15. The van der Waals surface area contributed by atoms with Crippen molar-refractivity contribution in [3.63, 3.8) is 0 Å². The Labute approximate surface area is 180 Å². The second-order valence-electron chi connectivity index (χ2n) is 5.94. The summed E-state index contributed by atoms with van der Waals surface area (Å²) in [6.45, 7) is 6.23. The maximum absolute atomic E-state index is 14.0. The van der Waals surface area contributed by atoms with E-state index in [1.807, 2.05) is 35.8 Å². The van der Waals surface area contributed by atoms with Crippen LogP contribution in [0.1, 0.15) is 24.4 Å². The van der Waals surface area contributed by atoms with Crippen molar-refractivity contribution in [2.45, 2.75) is 30.5 Å². The van der Waals surface area contributed by atoms with Crippen LogP contribution in [0.2, 0.25) is 5.02 Å². The largest absolute Gasteiger partial charge is 0.483 e. The average Bonchev–Trinajstić information content (AvgIpc) is 3.06. The second-order valence-corrected chi connectivity index (χ2v) is 8.21. The van der Waals surface area contributed by atoms with Gasteiger partial charge < -0.3 is 4.74 Å². The molecule has 146 valence electrons. The van der Waals surface area contributed by atoms with E-state index in [2.05, 4.69) is 32.7 Å². The van der Waals surface area contributed by atoms with Gasteiger partial charge in [0.05, 0.1) is 0 Å². The standard InChI is InChI=1S/C20H18BrClFN3OS/c1-3-11-26-19(13(2)27-15-9-7-14(21)8-10-15)24-25-20(26)28-12-16-17(22)5-4-6-18(16)23/h3-10,13H,1,11-12H2,2H3. The first kappa shape index (κ1) is 20.9. The van der Waals surface area contributed by atoms with Crippen molar-refractivity contribution >= 4 is 39.3 Å². The molecule has 0 aliphatic rings. The Balaban J connectivity index is 1.78. The van der Waals surface area contributed by atoms with Gasteiger partial charge in [0.1, 0.15) is 11.6 Å². The number of ether oxygens (including phenoxy) is 1. The Morgan fingerprint density at radius 3 is 2.71 bits per heavy atom. The molecular formula is C20H18BrClFN3OS. The van der Waals surface area contributed by atoms with Crippen LogP contribution < -0.4 is 4.74 Å². The summed E-state index contributed by atoms with van der Waals surface area (Å²) in [5, 5.41) is 9.60. The van der Waals surface area contributed by atoms with Crippen LogP contribution in [0.4, 0.5) is 4.39 Å². The third kappa shape index (κ3) is 4.96. The lowest BCUT2D eigenvalue weighted by Gasteiger charge is -2.16. The predicted molar refractivity (Wildman–Crippen MR) is 114 cm³/mol. The lowest BCUT2D eigenvalue weighted by Crippen LogP contribution is -2.12. The van der Waals surface area contributed by atoms with Crippen LogP contribution in [-0.4, -0.2) is 14.8 Å². The predicted octanol–water partition coefficient (Wildman–Crippen LogP) is 6.45. The minimum absolute atomic E-state index is 0.319. The Morgan fingerprint density at radius 1 is 1.29 bits per heavy atom. The van der Waals surface area contributed by atoms with Gasteiger partial charge in [0, 0.05) is 27.4 Å². The molecule has 28 heavy (non-hydrogen) atoms. The molecule has 0 N–H and O–H groups in total. The highest BCUT2D eigenvalue weighted by molar-refractivity contribution is 9.10. The number of benzene rings is 2. The summed E-state index contributed by atoms with van der Waals surface area (Å²) in [7, 11) is 0. The molecule has 8 heteroatoms. The van der Waals surface area contributed by atoms with E-state index in [0.717, 1.165) is 10.2 Å². The van der Waals surface area contributed by atoms with Gasteiger partial charge in [-0.05, 0) is 43.3 Å². The lowest BCUT2D eigenvalue weighted by atomic mass is 10.2. The molecule has 2 aromatic carbocycles. The molecule has 0 fully saturated rings. The van der Waals surface area contributed by atoms with Gasteiger partial charge in [-0.2, -0.15) is 0 Å². The molecule has 0 saturated carbocycles. The van der Waals surface area contributed by atoms with E-state index < -0.39 is 0 Å². The first-order valence-electron chi connectivity index (χ1n) is 8.51. The van der Waals surface area contributed by atoms with Gasteiger partial charge in [-0.25, -0.2) is 4.39 Å². The van der Waals surface area contributed by atoms with Crippen LogP contribution in [0.15, 0.2) is 64.7 Å². The van der Waals surface area contributed by atoms with E-state index in [1.165, 1.54) is 17.8 Å². The molecule has 1 atom stereocenters. The summed E-state index contributed by atoms with van der Waals surface area (Å²) in [5.74, 6) is 1.42. The van der Waals surface area contributed by atoms with Crippen LogP contribution in [0.3, 0.4) is 0 Å². The van der Waals surface area contributed by atoms with Crippen molar-refractivity contribution in [3.05, 3.63) is 81.8 Å². The number of allylic oxidation sites excluding steroid dienone is 1. The molecular weight excluding hydrogens is 465 g/mol. The molecule has 3 aromatic rings. The number of nitrogens with zero attached hydrogens (tertiary/aromatic N) is 3. The van der Waals surface area contributed by atoms with Crippen molar-refractivity contribution < 1.29 is 9.13 Å². The molecule has 1 unspecified atom stereocenters. The van der Waals surface area contributed by atoms with Crippen molar-refractivity contribution in [2.75, 3.05) is 0 Å². The van der Waals surface area contributed by atoms with Gasteiger partial charge in [0.2, 0.25) is 0 Å². The molecule has 1 heterocycles. The first-order valence-corrected chi connectivity index (χ1v) is 10.7. The molecule has 0 aliphatic carbocycles. The summed E-state index contributed by atoms with van der Waals surface area (Å²) in [4.78, 5) is 0. The molecule has 4 nitrogen and oxygen atoms in total. The molecule has 0 bridgehead atoms. The van der Waals surface area contributed by atoms with Gasteiger partial charge in [-0.15, -0.1) is 16.8 Å². The highest BCUT2D eigenvalue weighted by atomic mass is 79.9. The highest BCUT2D eigenvalue weighted by Gasteiger charge is 2.20. The van der Waals surface area contributed by atoms with Gasteiger partial charge in [0.15, 0.2) is 17.1 Å². The Kier molecular flexibility index (Phi) is 7.15. The maximum Gasteiger partial charge on any atom is 0.191 e. The smallest absolute Gasteiger partial charge is 0.191 e. The Hall–Kier alpha value is -1.83. The number of rotatable bonds is 8. The van der Waals surface area contributed by atoms with Gasteiger partial charge >= 0.3 is 0 Å². The zero-order valence-corrected chi connectivity index (χ0v) is 18.3. The van der Waals surface area contributed by atoms with E-state index in [-0.39, 0.29) is 11.9 Å². The van der Waals surface area contributed by atoms with E-state index in [4.69, 9.17) is 16.3 Å². The van der Waals surface area contributed by atoms with Crippen LogP contribution in [0.25, 0.3) is 0 Å². The molecule has 0 spiro atoms. The zero-order chi connectivity index (χ0) is 20.1. The number of halogens is 3. The normalized spacial score (nSPS) is 12.0. The quantitative estimate of drug-likeness (QED) is 0.273. The van der Waals surface area contributed by atoms with Crippen LogP contribution in [0.5, 0.6) is 5.75 Å². The fraction of sp³-hybridized carbons (Fsp3) is 0.200. The topological polar surface area (TPSA) is 39.9 Å². The van der Waals surface area contributed by atoms with Gasteiger partial charge in [0.25, 0.3) is 0 Å². The van der Waals surface area contributed by atoms with Crippen LogP contribution in [-0.2, 0) is 12.3 Å². The first-order chi connectivity index (χ1) is 13.5. The van der Waals surface area contributed by atoms with E-state index in [1.54, 1.807) is 18.2 Å².